The van der Waals surface area contributed by atoms with E-state index in [1.54, 1.807) is 11.8 Å². The summed E-state index contributed by atoms with van der Waals surface area (Å²) >= 11 is 1.64. The predicted molar refractivity (Wildman–Crippen MR) is 137 cm³/mol. The number of H-pyrrole nitrogens is 1. The summed E-state index contributed by atoms with van der Waals surface area (Å²) in [6.45, 7) is 2.67. The molecule has 0 fully saturated rings. The summed E-state index contributed by atoms with van der Waals surface area (Å²) in [5.41, 5.74) is 3.43. The average Bonchev–Trinajstić information content (AvgIpc) is 3.64. The lowest BCUT2D eigenvalue weighted by molar-refractivity contribution is 0.0931. The van der Waals surface area contributed by atoms with Gasteiger partial charge in [0, 0.05) is 24.6 Å². The van der Waals surface area contributed by atoms with Crippen LogP contribution in [0.25, 0.3) is 11.4 Å². The minimum absolute atomic E-state index is 0.131. The number of thioether (sulfide) groups is 1. The van der Waals surface area contributed by atoms with E-state index < -0.39 is 0 Å². The number of aryl methyl sites for hydroxylation is 1. The second kappa shape index (κ2) is 10.1. The molecule has 3 aromatic rings. The van der Waals surface area contributed by atoms with Gasteiger partial charge in [-0.05, 0) is 47.1 Å². The van der Waals surface area contributed by atoms with Crippen molar-refractivity contribution in [3.8, 4) is 11.4 Å². The number of hydrogen-bond acceptors (Lipinski definition) is 8. The molecule has 1 aliphatic heterocycles. The van der Waals surface area contributed by atoms with Crippen molar-refractivity contribution in [1.82, 2.24) is 41.2 Å². The van der Waals surface area contributed by atoms with E-state index in [-0.39, 0.29) is 50.0 Å². The molecule has 0 radical (unpaired) electrons. The van der Waals surface area contributed by atoms with Crippen LogP contribution in [0.4, 0.5) is 0 Å². The summed E-state index contributed by atoms with van der Waals surface area (Å²) in [5.74, 6) is -0.105. The van der Waals surface area contributed by atoms with Crippen LogP contribution in [-0.2, 0) is 6.42 Å². The fraction of sp³-hybridized carbons (Fsp3) is 0.273. The molecule has 10 nitrogen and oxygen atoms in total. The van der Waals surface area contributed by atoms with Gasteiger partial charge in [0.15, 0.2) is 0 Å². The highest BCUT2D eigenvalue weighted by atomic mass is 127. The SMILES string of the molecule is CCC1=IC(CNC(=O)c2cc(C(=O)N[C@H]3CCc4cc(-c5nn[nH]n5)ccc43)ncn2)=CS1. The summed E-state index contributed by atoms with van der Waals surface area (Å²) in [4.78, 5) is 33.6. The Morgan fingerprint density at radius 3 is 2.82 bits per heavy atom. The second-order valence-electron chi connectivity index (χ2n) is 7.67. The zero-order valence-corrected chi connectivity index (χ0v) is 21.2. The molecule has 0 saturated heterocycles. The van der Waals surface area contributed by atoms with E-state index in [1.807, 2.05) is 18.2 Å². The molecule has 3 N–H and O–H groups in total. The number of nitrogens with zero attached hydrogens (tertiary/aromatic N) is 5. The number of benzene rings is 1. The Morgan fingerprint density at radius 1 is 1.21 bits per heavy atom. The van der Waals surface area contributed by atoms with E-state index >= 15 is 0 Å². The lowest BCUT2D eigenvalue weighted by atomic mass is 10.0. The third-order valence-electron chi connectivity index (χ3n) is 5.50. The molecule has 0 bridgehead atoms. The van der Waals surface area contributed by atoms with Crippen molar-refractivity contribution in [2.24, 2.45) is 0 Å². The van der Waals surface area contributed by atoms with Crippen LogP contribution in [0.3, 0.4) is 0 Å². The van der Waals surface area contributed by atoms with Gasteiger partial charge in [0.05, 0.1) is 6.04 Å². The summed E-state index contributed by atoms with van der Waals surface area (Å²) in [6, 6.07) is 7.24. The third kappa shape index (κ3) is 4.92. The highest BCUT2D eigenvalue weighted by Crippen LogP contribution is 2.34. The number of aromatic amines is 1. The van der Waals surface area contributed by atoms with Crippen LogP contribution < -0.4 is 10.6 Å². The van der Waals surface area contributed by atoms with Gasteiger partial charge in [-0.15, -0.1) is 10.2 Å². The van der Waals surface area contributed by atoms with E-state index in [9.17, 15) is 9.59 Å². The molecule has 3 heterocycles. The van der Waals surface area contributed by atoms with E-state index in [2.05, 4.69) is 53.6 Å². The number of tetrazole rings is 1. The number of fused-ring (bicyclic) bond motifs is 1. The number of rotatable bonds is 7. The fourth-order valence-corrected chi connectivity index (χ4v) is 8.14. The number of hydrogen-bond donors (Lipinski definition) is 3. The van der Waals surface area contributed by atoms with E-state index in [0.717, 1.165) is 36.0 Å². The number of nitrogens with one attached hydrogen (secondary N) is 3. The van der Waals surface area contributed by atoms with Crippen molar-refractivity contribution in [3.05, 3.63) is 62.1 Å². The summed E-state index contributed by atoms with van der Waals surface area (Å²) in [7, 11) is 0. The van der Waals surface area contributed by atoms with Gasteiger partial charge in [0.1, 0.15) is 17.7 Å². The number of aromatic nitrogens is 6. The van der Waals surface area contributed by atoms with Crippen LogP contribution in [0.1, 0.15) is 57.9 Å². The van der Waals surface area contributed by atoms with Crippen LogP contribution in [0.15, 0.2) is 39.6 Å². The van der Waals surface area contributed by atoms with E-state index in [1.165, 1.54) is 18.8 Å². The van der Waals surface area contributed by atoms with Gasteiger partial charge >= 0.3 is 0 Å². The highest BCUT2D eigenvalue weighted by molar-refractivity contribution is 14.2. The van der Waals surface area contributed by atoms with Crippen molar-refractivity contribution < 1.29 is 9.59 Å². The summed E-state index contributed by atoms with van der Waals surface area (Å²) < 4.78 is 2.78. The molecule has 34 heavy (non-hydrogen) atoms. The van der Waals surface area contributed by atoms with Crippen LogP contribution in [-0.4, -0.2) is 51.8 Å². The van der Waals surface area contributed by atoms with Crippen molar-refractivity contribution in [3.63, 3.8) is 0 Å². The molecule has 2 aliphatic rings. The second-order valence-corrected chi connectivity index (χ2v) is 12.6. The van der Waals surface area contributed by atoms with Gasteiger partial charge in [-0.25, -0.2) is 9.97 Å². The average molecular weight is 588 g/mol. The van der Waals surface area contributed by atoms with E-state index in [4.69, 9.17) is 0 Å². The van der Waals surface area contributed by atoms with Crippen LogP contribution in [0, 0.1) is 0 Å². The standard InChI is InChI=1S/C22H21IN8O2S/c1-2-19-23-14(10-34-19)9-24-21(32)17-8-18(26-11-25-17)22(33)27-16-6-4-12-7-13(3-5-15(12)16)20-28-30-31-29-20/h3,5,7-8,10-11,16H,2,4,6,9H2,1H3,(H,24,32)(H,27,33)(H,28,29,30,31)/t16-/m0/s1. The Morgan fingerprint density at radius 2 is 2.06 bits per heavy atom. The van der Waals surface area contributed by atoms with Crippen molar-refractivity contribution in [2.75, 3.05) is 6.54 Å². The molecule has 0 unspecified atom stereocenters. The van der Waals surface area contributed by atoms with Crippen LogP contribution in [0.2, 0.25) is 0 Å². The molecule has 0 saturated carbocycles. The molecule has 1 aliphatic carbocycles. The Hall–Kier alpha value is -3.00. The quantitative estimate of drug-likeness (QED) is 0.359. The summed E-state index contributed by atoms with van der Waals surface area (Å²) in [5, 5.41) is 22.2. The molecule has 12 heteroatoms. The Labute approximate surface area is 209 Å². The smallest absolute Gasteiger partial charge is 0.270 e. The van der Waals surface area contributed by atoms with Crippen LogP contribution in [0.5, 0.6) is 0 Å². The van der Waals surface area contributed by atoms with Gasteiger partial charge in [-0.1, -0.05) is 51.5 Å². The molecule has 5 rings (SSSR count). The maximum atomic E-state index is 12.9. The molecule has 2 amide bonds. The van der Waals surface area contributed by atoms with Gasteiger partial charge in [-0.3, -0.25) is 9.59 Å². The first-order valence-electron chi connectivity index (χ1n) is 10.7. The molecule has 0 spiro atoms. The zero-order chi connectivity index (χ0) is 23.5. The maximum Gasteiger partial charge on any atom is 0.270 e. The number of carbonyl (C=O) groups is 2. The number of halogens is 1. The fourth-order valence-electron chi connectivity index (χ4n) is 3.82. The minimum Gasteiger partial charge on any atom is -0.346 e. The minimum atomic E-state index is -0.334. The molecule has 1 aromatic carbocycles. The monoisotopic (exact) mass is 588 g/mol. The van der Waals surface area contributed by atoms with Gasteiger partial charge < -0.3 is 10.6 Å². The Bertz CT molecular complexity index is 1310. The first-order chi connectivity index (χ1) is 16.6. The van der Waals surface area contributed by atoms with Crippen molar-refractivity contribution in [1.29, 1.82) is 0 Å². The van der Waals surface area contributed by atoms with Gasteiger partial charge in [0.25, 0.3) is 11.8 Å². The topological polar surface area (TPSA) is 138 Å². The van der Waals surface area contributed by atoms with Crippen molar-refractivity contribution in [2.45, 2.75) is 32.2 Å². The predicted octanol–water partition coefficient (Wildman–Crippen LogP) is 2.90. The van der Waals surface area contributed by atoms with Crippen LogP contribution >= 0.6 is 32.5 Å². The normalized spacial score (nSPS) is 16.8. The molecule has 1 atom stereocenters. The zero-order valence-electron chi connectivity index (χ0n) is 18.2. The van der Waals surface area contributed by atoms with E-state index in [0.29, 0.717) is 12.4 Å². The molecule has 174 valence electrons. The third-order valence-corrected chi connectivity index (χ3v) is 10.9. The van der Waals surface area contributed by atoms with Crippen molar-refractivity contribution >= 4 is 47.1 Å². The Balaban J connectivity index is 1.23. The first-order valence-corrected chi connectivity index (χ1v) is 13.8. The highest BCUT2D eigenvalue weighted by Gasteiger charge is 2.26. The lowest BCUT2D eigenvalue weighted by Gasteiger charge is -2.14. The maximum absolute atomic E-state index is 12.9. The molecular weight excluding hydrogens is 567 g/mol. The summed E-state index contributed by atoms with van der Waals surface area (Å²) in [6.07, 6.45) is 3.94. The first kappa shape index (κ1) is 22.8. The lowest BCUT2D eigenvalue weighted by Crippen LogP contribution is -2.29. The molecular formula is C22H21IN8O2S. The largest absolute Gasteiger partial charge is 0.346 e. The Kier molecular flexibility index (Phi) is 6.76. The number of amides is 2. The number of carbonyl (C=O) groups excluding carboxylic acids is 2. The molecule has 2 aromatic heterocycles. The van der Waals surface area contributed by atoms with Gasteiger partial charge in [-0.2, -0.15) is 5.21 Å². The van der Waals surface area contributed by atoms with Gasteiger partial charge in [0.2, 0.25) is 5.82 Å².